The van der Waals surface area contributed by atoms with E-state index in [1.807, 2.05) is 0 Å². The molecular weight excluding hydrogens is 287 g/mol. The minimum atomic E-state index is -4.57. The number of hydrogen-bond acceptors (Lipinski definition) is 3. The van der Waals surface area contributed by atoms with E-state index in [0.717, 1.165) is 12.1 Å². The first-order valence-corrected chi connectivity index (χ1v) is 6.27. The summed E-state index contributed by atoms with van der Waals surface area (Å²) in [6, 6.07) is 3.47. The zero-order valence-corrected chi connectivity index (χ0v) is 11.5. The maximum atomic E-state index is 13.1. The van der Waals surface area contributed by atoms with Crippen LogP contribution in [-0.4, -0.2) is 22.2 Å². The normalized spacial score (nSPS) is 11.9. The molecule has 2 aromatic rings. The number of nitrogens with zero attached hydrogens (tertiary/aromatic N) is 1. The van der Waals surface area contributed by atoms with Crippen LogP contribution in [0.1, 0.15) is 28.5 Å². The van der Waals surface area contributed by atoms with Gasteiger partial charge in [0.2, 0.25) is 0 Å². The summed E-state index contributed by atoms with van der Waals surface area (Å²) in [4.78, 5) is 11.8. The molecule has 1 heterocycles. The highest BCUT2D eigenvalue weighted by Crippen LogP contribution is 2.37. The van der Waals surface area contributed by atoms with Gasteiger partial charge in [-0.15, -0.1) is 0 Å². The zero-order valence-electron chi connectivity index (χ0n) is 11.5. The predicted molar refractivity (Wildman–Crippen MR) is 69.8 cm³/mol. The van der Waals surface area contributed by atoms with Crippen molar-refractivity contribution in [2.45, 2.75) is 19.7 Å². The first-order chi connectivity index (χ1) is 9.79. The van der Waals surface area contributed by atoms with Crippen LogP contribution in [0.4, 0.5) is 13.2 Å². The quantitative estimate of drug-likeness (QED) is 0.887. The largest absolute Gasteiger partial charge is 0.461 e. The Morgan fingerprint density at radius 2 is 2.00 bits per heavy atom. The first kappa shape index (κ1) is 15.4. The summed E-state index contributed by atoms with van der Waals surface area (Å²) >= 11 is 0. The van der Waals surface area contributed by atoms with E-state index >= 15 is 0 Å². The molecule has 0 fully saturated rings. The SMILES string of the molecule is CCOC(=O)c1cc2c(C(F)(F)F)cc(CO)cc2n1C. The van der Waals surface area contributed by atoms with Gasteiger partial charge >= 0.3 is 12.1 Å². The Balaban J connectivity index is 2.74. The van der Waals surface area contributed by atoms with Crippen molar-refractivity contribution in [3.63, 3.8) is 0 Å². The molecule has 0 aliphatic rings. The van der Waals surface area contributed by atoms with Crippen LogP contribution < -0.4 is 0 Å². The average molecular weight is 301 g/mol. The van der Waals surface area contributed by atoms with E-state index in [9.17, 15) is 18.0 Å². The van der Waals surface area contributed by atoms with E-state index < -0.39 is 24.3 Å². The molecule has 21 heavy (non-hydrogen) atoms. The molecule has 0 saturated carbocycles. The number of benzene rings is 1. The third kappa shape index (κ3) is 2.73. The lowest BCUT2D eigenvalue weighted by Crippen LogP contribution is -2.09. The Hall–Kier alpha value is -2.02. The minimum absolute atomic E-state index is 0.0347. The van der Waals surface area contributed by atoms with Crippen LogP contribution in [0.5, 0.6) is 0 Å². The van der Waals surface area contributed by atoms with Crippen LogP contribution in [0.3, 0.4) is 0 Å². The fraction of sp³-hybridized carbons (Fsp3) is 0.357. The van der Waals surface area contributed by atoms with Crippen LogP contribution in [0.15, 0.2) is 18.2 Å². The maximum Gasteiger partial charge on any atom is 0.417 e. The van der Waals surface area contributed by atoms with Gasteiger partial charge in [-0.2, -0.15) is 13.2 Å². The van der Waals surface area contributed by atoms with Crippen LogP contribution >= 0.6 is 0 Å². The van der Waals surface area contributed by atoms with E-state index in [2.05, 4.69) is 0 Å². The number of ether oxygens (including phenoxy) is 1. The number of aliphatic hydroxyl groups excluding tert-OH is 1. The number of aliphatic hydroxyl groups is 1. The number of hydrogen-bond donors (Lipinski definition) is 1. The van der Waals surface area contributed by atoms with Gasteiger partial charge in [0.05, 0.1) is 18.8 Å². The summed E-state index contributed by atoms with van der Waals surface area (Å²) < 4.78 is 45.5. The molecule has 0 spiro atoms. The second-order valence-corrected chi connectivity index (χ2v) is 4.54. The molecule has 7 heteroatoms. The number of halogens is 3. The second-order valence-electron chi connectivity index (χ2n) is 4.54. The Morgan fingerprint density at radius 1 is 1.33 bits per heavy atom. The standard InChI is InChI=1S/C14H14F3NO3/c1-3-21-13(20)12-6-9-10(14(15,16)17)4-8(7-19)5-11(9)18(12)2/h4-6,19H,3,7H2,1-2H3. The summed E-state index contributed by atoms with van der Waals surface area (Å²) in [7, 11) is 1.48. The molecule has 0 unspecified atom stereocenters. The molecule has 0 aliphatic carbocycles. The van der Waals surface area contributed by atoms with Crippen LogP contribution in [-0.2, 0) is 24.6 Å². The van der Waals surface area contributed by atoms with Crippen molar-refractivity contribution >= 4 is 16.9 Å². The molecule has 114 valence electrons. The average Bonchev–Trinajstić information content (AvgIpc) is 2.74. The molecule has 0 atom stereocenters. The van der Waals surface area contributed by atoms with E-state index in [1.54, 1.807) is 6.92 Å². The maximum absolute atomic E-state index is 13.1. The van der Waals surface area contributed by atoms with Crippen LogP contribution in [0.2, 0.25) is 0 Å². The fourth-order valence-electron chi connectivity index (χ4n) is 2.22. The Morgan fingerprint density at radius 3 is 2.52 bits per heavy atom. The highest BCUT2D eigenvalue weighted by atomic mass is 19.4. The molecular formula is C14H14F3NO3. The number of esters is 1. The summed E-state index contributed by atoms with van der Waals surface area (Å²) in [6.07, 6.45) is -4.57. The summed E-state index contributed by atoms with van der Waals surface area (Å²) in [5.74, 6) is -0.685. The van der Waals surface area contributed by atoms with Gasteiger partial charge in [0, 0.05) is 18.0 Å². The van der Waals surface area contributed by atoms with Crippen molar-refractivity contribution in [1.29, 1.82) is 0 Å². The zero-order chi connectivity index (χ0) is 15.8. The summed E-state index contributed by atoms with van der Waals surface area (Å²) in [5, 5.41) is 9.02. The Labute approximate surface area is 118 Å². The molecule has 2 rings (SSSR count). The highest BCUT2D eigenvalue weighted by molar-refractivity contribution is 5.97. The molecule has 4 nitrogen and oxygen atoms in total. The topological polar surface area (TPSA) is 51.5 Å². The van der Waals surface area contributed by atoms with Gasteiger partial charge in [0.1, 0.15) is 5.69 Å². The van der Waals surface area contributed by atoms with Gasteiger partial charge < -0.3 is 14.4 Å². The third-order valence-corrected chi connectivity index (χ3v) is 3.19. The molecule has 0 saturated heterocycles. The van der Waals surface area contributed by atoms with Crippen LogP contribution in [0.25, 0.3) is 10.9 Å². The number of fused-ring (bicyclic) bond motifs is 1. The smallest absolute Gasteiger partial charge is 0.417 e. The third-order valence-electron chi connectivity index (χ3n) is 3.19. The van der Waals surface area contributed by atoms with Crippen molar-refractivity contribution < 1.29 is 27.8 Å². The van der Waals surface area contributed by atoms with Crippen molar-refractivity contribution in [2.75, 3.05) is 6.61 Å². The van der Waals surface area contributed by atoms with E-state index in [1.165, 1.54) is 17.7 Å². The highest BCUT2D eigenvalue weighted by Gasteiger charge is 2.34. The number of aromatic nitrogens is 1. The van der Waals surface area contributed by atoms with Crippen molar-refractivity contribution in [2.24, 2.45) is 7.05 Å². The Kier molecular flexibility index (Phi) is 3.95. The summed E-state index contributed by atoms with van der Waals surface area (Å²) in [6.45, 7) is 1.23. The lowest BCUT2D eigenvalue weighted by molar-refractivity contribution is -0.136. The molecule has 1 aromatic heterocycles. The lowest BCUT2D eigenvalue weighted by Gasteiger charge is -2.10. The minimum Gasteiger partial charge on any atom is -0.461 e. The van der Waals surface area contributed by atoms with Crippen LogP contribution in [0, 0.1) is 0 Å². The molecule has 1 N–H and O–H groups in total. The molecule has 0 bridgehead atoms. The van der Waals surface area contributed by atoms with Gasteiger partial charge in [0.15, 0.2) is 0 Å². The fourth-order valence-corrected chi connectivity index (χ4v) is 2.22. The first-order valence-electron chi connectivity index (χ1n) is 6.27. The van der Waals surface area contributed by atoms with Gasteiger partial charge in [-0.3, -0.25) is 0 Å². The number of rotatable bonds is 3. The molecule has 0 radical (unpaired) electrons. The number of carbonyl (C=O) groups excluding carboxylic acids is 1. The van der Waals surface area contributed by atoms with E-state index in [0.29, 0.717) is 0 Å². The molecule has 1 aromatic carbocycles. The Bertz CT molecular complexity index is 689. The van der Waals surface area contributed by atoms with Gasteiger partial charge in [-0.25, -0.2) is 4.79 Å². The molecule has 0 amide bonds. The molecule has 0 aliphatic heterocycles. The van der Waals surface area contributed by atoms with Gasteiger partial charge in [0.25, 0.3) is 0 Å². The van der Waals surface area contributed by atoms with Crippen molar-refractivity contribution in [3.05, 3.63) is 35.0 Å². The van der Waals surface area contributed by atoms with Gasteiger partial charge in [-0.05, 0) is 30.7 Å². The van der Waals surface area contributed by atoms with Crippen molar-refractivity contribution in [3.8, 4) is 0 Å². The van der Waals surface area contributed by atoms with Crippen molar-refractivity contribution in [1.82, 2.24) is 4.57 Å². The predicted octanol–water partition coefficient (Wildman–Crippen LogP) is 2.87. The number of aryl methyl sites for hydroxylation is 1. The number of carbonyl (C=O) groups is 1. The number of alkyl halides is 3. The second kappa shape index (κ2) is 5.40. The van der Waals surface area contributed by atoms with Gasteiger partial charge in [-0.1, -0.05) is 0 Å². The monoisotopic (exact) mass is 301 g/mol. The summed E-state index contributed by atoms with van der Waals surface area (Å²) in [5.41, 5.74) is -0.494. The van der Waals surface area contributed by atoms with E-state index in [4.69, 9.17) is 9.84 Å². The lowest BCUT2D eigenvalue weighted by atomic mass is 10.1. The van der Waals surface area contributed by atoms with E-state index in [-0.39, 0.29) is 28.8 Å².